The average Bonchev–Trinajstić information content (AvgIpc) is 2.95. The SMILES string of the molecule is CSCC(=O)NCCCOCC1CC1. The molecule has 0 radical (unpaired) electrons. The molecule has 0 atom stereocenters. The first-order valence-electron chi connectivity index (χ1n) is 5.16. The van der Waals surface area contributed by atoms with E-state index in [0.717, 1.165) is 32.1 Å². The van der Waals surface area contributed by atoms with Gasteiger partial charge in [0.2, 0.25) is 5.91 Å². The molecule has 1 rings (SSSR count). The van der Waals surface area contributed by atoms with Gasteiger partial charge in [-0.3, -0.25) is 4.79 Å². The molecule has 0 aromatic heterocycles. The quantitative estimate of drug-likeness (QED) is 0.622. The van der Waals surface area contributed by atoms with E-state index in [1.54, 1.807) is 11.8 Å². The van der Waals surface area contributed by atoms with Crippen LogP contribution in [0.1, 0.15) is 19.3 Å². The third-order valence-electron chi connectivity index (χ3n) is 2.11. The number of ether oxygens (including phenoxy) is 1. The first kappa shape index (κ1) is 11.9. The summed E-state index contributed by atoms with van der Waals surface area (Å²) in [5, 5.41) is 2.85. The standard InChI is InChI=1S/C10H19NO2S/c1-14-8-10(12)11-5-2-6-13-7-9-3-4-9/h9H,2-8H2,1H3,(H,11,12). The Labute approximate surface area is 90.0 Å². The van der Waals surface area contributed by atoms with Crippen molar-refractivity contribution in [2.75, 3.05) is 31.8 Å². The summed E-state index contributed by atoms with van der Waals surface area (Å²) in [6.45, 7) is 2.43. The molecular formula is C10H19NO2S. The van der Waals surface area contributed by atoms with Gasteiger partial charge in [-0.2, -0.15) is 11.8 Å². The van der Waals surface area contributed by atoms with Crippen LogP contribution < -0.4 is 5.32 Å². The summed E-state index contributed by atoms with van der Waals surface area (Å²) < 4.78 is 5.44. The van der Waals surface area contributed by atoms with Gasteiger partial charge in [-0.1, -0.05) is 0 Å². The molecule has 0 unspecified atom stereocenters. The van der Waals surface area contributed by atoms with Gasteiger partial charge in [-0.25, -0.2) is 0 Å². The van der Waals surface area contributed by atoms with Gasteiger partial charge in [0.25, 0.3) is 0 Å². The fourth-order valence-corrected chi connectivity index (χ4v) is 1.48. The van der Waals surface area contributed by atoms with E-state index in [2.05, 4.69) is 5.32 Å². The van der Waals surface area contributed by atoms with E-state index in [0.29, 0.717) is 5.75 Å². The van der Waals surface area contributed by atoms with Gasteiger partial charge in [0.15, 0.2) is 0 Å². The molecule has 0 bridgehead atoms. The number of rotatable bonds is 8. The maximum Gasteiger partial charge on any atom is 0.229 e. The molecule has 1 amide bonds. The van der Waals surface area contributed by atoms with Crippen molar-refractivity contribution in [2.24, 2.45) is 5.92 Å². The molecular weight excluding hydrogens is 198 g/mol. The lowest BCUT2D eigenvalue weighted by atomic mass is 10.4. The predicted octanol–water partition coefficient (Wildman–Crippen LogP) is 1.28. The minimum absolute atomic E-state index is 0.125. The highest BCUT2D eigenvalue weighted by atomic mass is 32.2. The highest BCUT2D eigenvalue weighted by Gasteiger charge is 2.20. The Morgan fingerprint density at radius 1 is 1.57 bits per heavy atom. The second-order valence-electron chi connectivity index (χ2n) is 3.65. The van der Waals surface area contributed by atoms with Crippen molar-refractivity contribution in [3.05, 3.63) is 0 Å². The summed E-state index contributed by atoms with van der Waals surface area (Å²) in [5.74, 6) is 1.52. The number of thioether (sulfide) groups is 1. The van der Waals surface area contributed by atoms with Gasteiger partial charge in [0.1, 0.15) is 0 Å². The average molecular weight is 217 g/mol. The fraction of sp³-hybridized carbons (Fsp3) is 0.900. The number of carbonyl (C=O) groups is 1. The summed E-state index contributed by atoms with van der Waals surface area (Å²) in [4.78, 5) is 11.0. The normalized spacial score (nSPS) is 15.5. The summed E-state index contributed by atoms with van der Waals surface area (Å²) in [5.41, 5.74) is 0. The van der Waals surface area contributed by atoms with Crippen LogP contribution in [0.2, 0.25) is 0 Å². The van der Waals surface area contributed by atoms with E-state index in [1.165, 1.54) is 12.8 Å². The van der Waals surface area contributed by atoms with Gasteiger partial charge in [0, 0.05) is 19.8 Å². The summed E-state index contributed by atoms with van der Waals surface area (Å²) in [6.07, 6.45) is 5.53. The van der Waals surface area contributed by atoms with Gasteiger partial charge in [0.05, 0.1) is 5.75 Å². The molecule has 0 aromatic rings. The minimum atomic E-state index is 0.125. The van der Waals surface area contributed by atoms with Crippen molar-refractivity contribution in [3.8, 4) is 0 Å². The smallest absolute Gasteiger partial charge is 0.229 e. The maximum atomic E-state index is 11.0. The van der Waals surface area contributed by atoms with E-state index < -0.39 is 0 Å². The van der Waals surface area contributed by atoms with E-state index >= 15 is 0 Å². The molecule has 1 aliphatic carbocycles. The molecule has 1 N–H and O–H groups in total. The Morgan fingerprint density at radius 2 is 2.36 bits per heavy atom. The van der Waals surface area contributed by atoms with Crippen molar-refractivity contribution in [3.63, 3.8) is 0 Å². The molecule has 82 valence electrons. The lowest BCUT2D eigenvalue weighted by molar-refractivity contribution is -0.118. The van der Waals surface area contributed by atoms with E-state index in [4.69, 9.17) is 4.74 Å². The molecule has 1 saturated carbocycles. The topological polar surface area (TPSA) is 38.3 Å². The number of amides is 1. The largest absolute Gasteiger partial charge is 0.381 e. The summed E-state index contributed by atoms with van der Waals surface area (Å²) in [6, 6.07) is 0. The minimum Gasteiger partial charge on any atom is -0.381 e. The second-order valence-corrected chi connectivity index (χ2v) is 4.52. The van der Waals surface area contributed by atoms with Crippen LogP contribution in [0.5, 0.6) is 0 Å². The summed E-state index contributed by atoms with van der Waals surface area (Å²) in [7, 11) is 0. The van der Waals surface area contributed by atoms with Gasteiger partial charge in [-0.05, 0) is 31.4 Å². The first-order valence-corrected chi connectivity index (χ1v) is 6.55. The zero-order valence-electron chi connectivity index (χ0n) is 8.75. The molecule has 0 aliphatic heterocycles. The van der Waals surface area contributed by atoms with Crippen molar-refractivity contribution in [2.45, 2.75) is 19.3 Å². The van der Waals surface area contributed by atoms with Crippen molar-refractivity contribution in [1.82, 2.24) is 5.32 Å². The zero-order valence-corrected chi connectivity index (χ0v) is 9.57. The Bertz CT molecular complexity index is 172. The zero-order chi connectivity index (χ0) is 10.2. The third kappa shape index (κ3) is 6.27. The number of hydrogen-bond donors (Lipinski definition) is 1. The second kappa shape index (κ2) is 7.12. The van der Waals surface area contributed by atoms with Crippen LogP contribution in [0.3, 0.4) is 0 Å². The molecule has 0 saturated heterocycles. The molecule has 4 heteroatoms. The maximum absolute atomic E-state index is 11.0. The molecule has 0 heterocycles. The van der Waals surface area contributed by atoms with Gasteiger partial charge < -0.3 is 10.1 Å². The van der Waals surface area contributed by atoms with Crippen LogP contribution in [-0.4, -0.2) is 37.7 Å². The third-order valence-corrected chi connectivity index (χ3v) is 2.66. The van der Waals surface area contributed by atoms with Crippen molar-refractivity contribution >= 4 is 17.7 Å². The van der Waals surface area contributed by atoms with Crippen molar-refractivity contribution < 1.29 is 9.53 Å². The lowest BCUT2D eigenvalue weighted by Gasteiger charge is -2.04. The molecule has 1 fully saturated rings. The Morgan fingerprint density at radius 3 is 3.00 bits per heavy atom. The van der Waals surface area contributed by atoms with Crippen LogP contribution in [0.15, 0.2) is 0 Å². The lowest BCUT2D eigenvalue weighted by Crippen LogP contribution is -2.26. The predicted molar refractivity (Wildman–Crippen MR) is 59.6 cm³/mol. The molecule has 3 nitrogen and oxygen atoms in total. The first-order chi connectivity index (χ1) is 6.83. The number of hydrogen-bond acceptors (Lipinski definition) is 3. The molecule has 0 spiro atoms. The van der Waals surface area contributed by atoms with Crippen LogP contribution >= 0.6 is 11.8 Å². The monoisotopic (exact) mass is 217 g/mol. The van der Waals surface area contributed by atoms with Gasteiger partial charge in [-0.15, -0.1) is 0 Å². The van der Waals surface area contributed by atoms with E-state index in [-0.39, 0.29) is 5.91 Å². The van der Waals surface area contributed by atoms with E-state index in [9.17, 15) is 4.79 Å². The van der Waals surface area contributed by atoms with Crippen LogP contribution in [0.4, 0.5) is 0 Å². The Kier molecular flexibility index (Phi) is 6.03. The number of nitrogens with one attached hydrogen (secondary N) is 1. The van der Waals surface area contributed by atoms with Gasteiger partial charge >= 0.3 is 0 Å². The number of carbonyl (C=O) groups excluding carboxylic acids is 1. The Balaban J connectivity index is 1.76. The van der Waals surface area contributed by atoms with Crippen molar-refractivity contribution in [1.29, 1.82) is 0 Å². The molecule has 1 aliphatic rings. The van der Waals surface area contributed by atoms with Crippen LogP contribution in [-0.2, 0) is 9.53 Å². The highest BCUT2D eigenvalue weighted by molar-refractivity contribution is 7.99. The molecule has 0 aromatic carbocycles. The van der Waals surface area contributed by atoms with Crippen LogP contribution in [0, 0.1) is 5.92 Å². The molecule has 14 heavy (non-hydrogen) atoms. The fourth-order valence-electron chi connectivity index (χ4n) is 1.12. The summed E-state index contributed by atoms with van der Waals surface area (Å²) >= 11 is 1.55. The highest BCUT2D eigenvalue weighted by Crippen LogP contribution is 2.28. The Hall–Kier alpha value is -0.220. The van der Waals surface area contributed by atoms with Crippen LogP contribution in [0.25, 0.3) is 0 Å². The van der Waals surface area contributed by atoms with E-state index in [1.807, 2.05) is 6.26 Å².